The van der Waals surface area contributed by atoms with Crippen molar-refractivity contribution in [1.29, 1.82) is 0 Å². The molecule has 2 atom stereocenters. The minimum Gasteiger partial charge on any atom is -0.479 e. The smallest absolute Gasteiger partial charge is 0.332 e. The van der Waals surface area contributed by atoms with Crippen LogP contribution in [0.25, 0.3) is 0 Å². The molecule has 0 aromatic rings. The molecule has 20 heavy (non-hydrogen) atoms. The Labute approximate surface area is 116 Å². The summed E-state index contributed by atoms with van der Waals surface area (Å²) >= 11 is 0. The average Bonchev–Trinajstić information content (AvgIpc) is 2.84. The lowest BCUT2D eigenvalue weighted by atomic mass is 9.99. The minimum atomic E-state index is -3.14. The molecular formula is C11H18N2O6S. The maximum absolute atomic E-state index is 11.9. The number of nitrogens with one attached hydrogen (secondary N) is 2. The van der Waals surface area contributed by atoms with Crippen molar-refractivity contribution < 1.29 is 27.9 Å². The van der Waals surface area contributed by atoms with Gasteiger partial charge in [-0.1, -0.05) is 0 Å². The molecule has 0 spiro atoms. The van der Waals surface area contributed by atoms with Crippen LogP contribution in [-0.4, -0.2) is 61.3 Å². The van der Waals surface area contributed by atoms with E-state index in [1.807, 2.05) is 0 Å². The molecule has 0 aliphatic carbocycles. The van der Waals surface area contributed by atoms with E-state index in [9.17, 15) is 23.1 Å². The van der Waals surface area contributed by atoms with Crippen LogP contribution in [0.4, 0.5) is 4.79 Å². The highest BCUT2D eigenvalue weighted by molar-refractivity contribution is 7.91. The summed E-state index contributed by atoms with van der Waals surface area (Å²) in [6.45, 7) is 1.80. The van der Waals surface area contributed by atoms with Crippen LogP contribution in [0.15, 0.2) is 0 Å². The summed E-state index contributed by atoms with van der Waals surface area (Å²) in [5.74, 6) is -1.27. The largest absolute Gasteiger partial charge is 0.479 e. The third kappa shape index (κ3) is 3.04. The molecule has 2 aliphatic rings. The molecule has 0 aromatic heterocycles. The number of ether oxygens (including phenoxy) is 1. The third-order valence-corrected chi connectivity index (χ3v) is 5.61. The number of hydrogen-bond acceptors (Lipinski definition) is 5. The third-order valence-electron chi connectivity index (χ3n) is 3.70. The van der Waals surface area contributed by atoms with Crippen molar-refractivity contribution >= 4 is 21.8 Å². The zero-order valence-corrected chi connectivity index (χ0v) is 12.0. The molecule has 8 nitrogen and oxygen atoms in total. The van der Waals surface area contributed by atoms with E-state index in [1.165, 1.54) is 0 Å². The topological polar surface area (TPSA) is 122 Å². The van der Waals surface area contributed by atoms with Gasteiger partial charge >= 0.3 is 12.0 Å². The van der Waals surface area contributed by atoms with E-state index in [0.29, 0.717) is 6.42 Å². The van der Waals surface area contributed by atoms with Gasteiger partial charge in [0.2, 0.25) is 0 Å². The fourth-order valence-corrected chi connectivity index (χ4v) is 4.61. The molecule has 2 heterocycles. The lowest BCUT2D eigenvalue weighted by Crippen LogP contribution is -2.61. The van der Waals surface area contributed by atoms with Gasteiger partial charge in [0.15, 0.2) is 15.4 Å². The molecule has 2 aliphatic heterocycles. The van der Waals surface area contributed by atoms with Gasteiger partial charge in [-0.05, 0) is 13.3 Å². The number of carbonyl (C=O) groups is 2. The van der Waals surface area contributed by atoms with Gasteiger partial charge in [-0.2, -0.15) is 0 Å². The van der Waals surface area contributed by atoms with E-state index in [1.54, 1.807) is 6.92 Å². The first-order chi connectivity index (χ1) is 9.17. The molecular weight excluding hydrogens is 288 g/mol. The summed E-state index contributed by atoms with van der Waals surface area (Å²) in [5.41, 5.74) is -2.29. The molecule has 0 saturated carbocycles. The van der Waals surface area contributed by atoms with Crippen molar-refractivity contribution in [3.05, 3.63) is 0 Å². The molecule has 2 rings (SSSR count). The maximum atomic E-state index is 11.9. The van der Waals surface area contributed by atoms with Crippen molar-refractivity contribution in [2.75, 3.05) is 24.7 Å². The van der Waals surface area contributed by atoms with Gasteiger partial charge < -0.3 is 20.5 Å². The van der Waals surface area contributed by atoms with Crippen LogP contribution in [0.2, 0.25) is 0 Å². The van der Waals surface area contributed by atoms with E-state index >= 15 is 0 Å². The van der Waals surface area contributed by atoms with Gasteiger partial charge in [-0.25, -0.2) is 18.0 Å². The number of carbonyl (C=O) groups excluding carboxylic acids is 1. The first-order valence-corrected chi connectivity index (χ1v) is 8.11. The standard InChI is InChI=1S/C11H18N2O6S/c1-10(3-5-20(17,18)7-10)12-9(16)13-11(8(14)15)2-4-19-6-11/h2-7H2,1H3,(H,14,15)(H2,12,13,16). The van der Waals surface area contributed by atoms with E-state index in [2.05, 4.69) is 10.6 Å². The highest BCUT2D eigenvalue weighted by atomic mass is 32.2. The van der Waals surface area contributed by atoms with Gasteiger partial charge in [-0.15, -0.1) is 0 Å². The van der Waals surface area contributed by atoms with Gasteiger partial charge in [0.25, 0.3) is 0 Å². The van der Waals surface area contributed by atoms with Gasteiger partial charge in [0.05, 0.1) is 23.7 Å². The molecule has 2 saturated heterocycles. The van der Waals surface area contributed by atoms with E-state index in [-0.39, 0.29) is 31.1 Å². The highest BCUT2D eigenvalue weighted by Crippen LogP contribution is 2.23. The SMILES string of the molecule is CC1(NC(=O)NC2(C(=O)O)CCOC2)CCS(=O)(=O)C1. The number of aliphatic carboxylic acids is 1. The van der Waals surface area contributed by atoms with Crippen LogP contribution in [0.1, 0.15) is 19.8 Å². The van der Waals surface area contributed by atoms with Gasteiger partial charge in [-0.3, -0.25) is 0 Å². The van der Waals surface area contributed by atoms with Crippen LogP contribution < -0.4 is 10.6 Å². The fourth-order valence-electron chi connectivity index (χ4n) is 2.52. The van der Waals surface area contributed by atoms with Gasteiger partial charge in [0, 0.05) is 13.0 Å². The van der Waals surface area contributed by atoms with E-state index in [0.717, 1.165) is 0 Å². The van der Waals surface area contributed by atoms with Crippen molar-refractivity contribution in [2.45, 2.75) is 30.8 Å². The van der Waals surface area contributed by atoms with Crippen molar-refractivity contribution in [2.24, 2.45) is 0 Å². The first-order valence-electron chi connectivity index (χ1n) is 6.28. The lowest BCUT2D eigenvalue weighted by molar-refractivity contribution is -0.144. The summed E-state index contributed by atoms with van der Waals surface area (Å²) in [7, 11) is -3.14. The second kappa shape index (κ2) is 4.88. The van der Waals surface area contributed by atoms with E-state index in [4.69, 9.17) is 4.74 Å². The van der Waals surface area contributed by atoms with Crippen molar-refractivity contribution in [3.63, 3.8) is 0 Å². The second-order valence-corrected chi connectivity index (χ2v) is 7.86. The Morgan fingerprint density at radius 3 is 2.40 bits per heavy atom. The van der Waals surface area contributed by atoms with Crippen LogP contribution in [0.3, 0.4) is 0 Å². The van der Waals surface area contributed by atoms with E-state index < -0.39 is 32.9 Å². The molecule has 0 aromatic carbocycles. The quantitative estimate of drug-likeness (QED) is 0.621. The summed E-state index contributed by atoms with van der Waals surface area (Å²) in [5, 5.41) is 14.2. The molecule has 9 heteroatoms. The minimum absolute atomic E-state index is 0.0248. The predicted molar refractivity (Wildman–Crippen MR) is 69.1 cm³/mol. The number of hydrogen-bond donors (Lipinski definition) is 3. The number of rotatable bonds is 3. The summed E-state index contributed by atoms with van der Waals surface area (Å²) in [6, 6.07) is -0.683. The van der Waals surface area contributed by atoms with Crippen LogP contribution >= 0.6 is 0 Å². The van der Waals surface area contributed by atoms with Crippen molar-refractivity contribution in [3.8, 4) is 0 Å². The molecule has 0 bridgehead atoms. The number of amides is 2. The highest BCUT2D eigenvalue weighted by Gasteiger charge is 2.46. The Morgan fingerprint density at radius 2 is 1.95 bits per heavy atom. The Hall–Kier alpha value is -1.35. The Bertz CT molecular complexity index is 525. The lowest BCUT2D eigenvalue weighted by Gasteiger charge is -2.29. The first kappa shape index (κ1) is 15.0. The molecule has 2 unspecified atom stereocenters. The maximum Gasteiger partial charge on any atom is 0.332 e. The number of urea groups is 1. The van der Waals surface area contributed by atoms with Gasteiger partial charge in [0.1, 0.15) is 0 Å². The Kier molecular flexibility index (Phi) is 3.67. The predicted octanol–water partition coefficient (Wildman–Crippen LogP) is -0.893. The summed E-state index contributed by atoms with van der Waals surface area (Å²) in [6.07, 6.45) is 0.504. The number of sulfone groups is 1. The molecule has 2 fully saturated rings. The summed E-state index contributed by atoms with van der Waals surface area (Å²) < 4.78 is 27.9. The summed E-state index contributed by atoms with van der Waals surface area (Å²) in [4.78, 5) is 23.2. The van der Waals surface area contributed by atoms with Crippen LogP contribution in [-0.2, 0) is 19.4 Å². The van der Waals surface area contributed by atoms with Crippen LogP contribution in [0.5, 0.6) is 0 Å². The molecule has 2 amide bonds. The molecule has 3 N–H and O–H groups in total. The number of carboxylic acid groups (broad SMARTS) is 1. The Morgan fingerprint density at radius 1 is 1.25 bits per heavy atom. The zero-order chi connectivity index (χ0) is 15.0. The second-order valence-electron chi connectivity index (χ2n) is 5.67. The van der Waals surface area contributed by atoms with Crippen LogP contribution in [0, 0.1) is 0 Å². The van der Waals surface area contributed by atoms with Crippen molar-refractivity contribution in [1.82, 2.24) is 10.6 Å². The molecule has 0 radical (unpaired) electrons. The Balaban J connectivity index is 2.01. The zero-order valence-electron chi connectivity index (χ0n) is 11.1. The normalized spacial score (nSPS) is 35.6. The average molecular weight is 306 g/mol. The molecule has 114 valence electrons. The monoisotopic (exact) mass is 306 g/mol. The number of carboxylic acids is 1. The fraction of sp³-hybridized carbons (Fsp3) is 0.818.